The molecule has 0 spiro atoms. The second-order valence-electron chi connectivity index (χ2n) is 11.2. The maximum atomic E-state index is 2.36. The van der Waals surface area contributed by atoms with Crippen LogP contribution in [0.3, 0.4) is 0 Å². The Kier molecular flexibility index (Phi) is 4.15. The van der Waals surface area contributed by atoms with E-state index >= 15 is 0 Å². The highest BCUT2D eigenvalue weighted by Crippen LogP contribution is 2.50. The van der Waals surface area contributed by atoms with Crippen molar-refractivity contribution >= 4 is 86.1 Å². The van der Waals surface area contributed by atoms with Gasteiger partial charge in [-0.1, -0.05) is 127 Å². The van der Waals surface area contributed by atoms with Gasteiger partial charge in [-0.3, -0.25) is 0 Å². The van der Waals surface area contributed by atoms with Gasteiger partial charge in [0.15, 0.2) is 0 Å². The van der Waals surface area contributed by atoms with Crippen molar-refractivity contribution in [1.29, 1.82) is 0 Å². The van der Waals surface area contributed by atoms with Crippen molar-refractivity contribution in [3.05, 3.63) is 133 Å². The Morgan fingerprint density at radius 2 is 0.780 bits per heavy atom. The van der Waals surface area contributed by atoms with Crippen molar-refractivity contribution < 1.29 is 0 Å². The van der Waals surface area contributed by atoms with Gasteiger partial charge < -0.3 is 0 Å². The van der Waals surface area contributed by atoms with Crippen LogP contribution in [0.4, 0.5) is 0 Å². The number of benzene rings is 9. The maximum Gasteiger partial charge on any atom is 0.0440 e. The first-order valence-electron chi connectivity index (χ1n) is 14.2. The van der Waals surface area contributed by atoms with E-state index < -0.39 is 0 Å². The van der Waals surface area contributed by atoms with Gasteiger partial charge in [-0.15, -0.1) is 11.3 Å². The molecule has 10 aromatic rings. The molecule has 9 aromatic carbocycles. The number of thiophene rings is 1. The monoisotopic (exact) mass is 534 g/mol. The third kappa shape index (κ3) is 2.84. The lowest BCUT2D eigenvalue weighted by Crippen LogP contribution is -1.89. The minimum Gasteiger partial charge on any atom is -0.135 e. The predicted octanol–water partition coefficient (Wildman–Crippen LogP) is 12.0. The highest BCUT2D eigenvalue weighted by molar-refractivity contribution is 7.23. The normalized spacial score (nSPS) is 12.4. The fourth-order valence-corrected chi connectivity index (χ4v) is 8.65. The van der Waals surface area contributed by atoms with E-state index in [-0.39, 0.29) is 0 Å². The van der Waals surface area contributed by atoms with Gasteiger partial charge in [0.05, 0.1) is 0 Å². The third-order valence-electron chi connectivity index (χ3n) is 9.17. The standard InChI is InChI=1S/C40H22S/c1-2-10-34-33(9-1)39(30-20-17-27-13-11-23-5-3-7-25-15-19-29(30)37(27)35(23)25)40(41-34)32-22-18-28-14-12-24-6-4-8-26-16-21-31(32)38(28)36(24)26/h1-22H. The summed E-state index contributed by atoms with van der Waals surface area (Å²) in [5.74, 6) is 0. The minimum atomic E-state index is 1.30. The lowest BCUT2D eigenvalue weighted by atomic mass is 9.87. The number of fused-ring (bicyclic) bond motifs is 1. The number of hydrogen-bond donors (Lipinski definition) is 0. The molecule has 1 heteroatoms. The molecule has 0 unspecified atom stereocenters. The zero-order valence-corrected chi connectivity index (χ0v) is 22.9. The summed E-state index contributed by atoms with van der Waals surface area (Å²) < 4.78 is 1.33. The van der Waals surface area contributed by atoms with Crippen molar-refractivity contribution in [2.24, 2.45) is 0 Å². The molecule has 0 fully saturated rings. The summed E-state index contributed by atoms with van der Waals surface area (Å²) in [5.41, 5.74) is 3.98. The molecule has 0 N–H and O–H groups in total. The summed E-state index contributed by atoms with van der Waals surface area (Å²) in [6, 6.07) is 50.0. The van der Waals surface area contributed by atoms with Gasteiger partial charge in [0.1, 0.15) is 0 Å². The smallest absolute Gasteiger partial charge is 0.0440 e. The average molecular weight is 535 g/mol. The summed E-state index contributed by atoms with van der Waals surface area (Å²) >= 11 is 1.92. The van der Waals surface area contributed by atoms with E-state index in [1.807, 2.05) is 11.3 Å². The Morgan fingerprint density at radius 3 is 1.39 bits per heavy atom. The Hall–Kier alpha value is -4.98. The molecule has 1 aromatic heterocycles. The summed E-state index contributed by atoms with van der Waals surface area (Å²) in [4.78, 5) is 1.35. The molecule has 0 aliphatic rings. The van der Waals surface area contributed by atoms with Crippen LogP contribution in [0.2, 0.25) is 0 Å². The topological polar surface area (TPSA) is 0 Å². The zero-order chi connectivity index (χ0) is 26.7. The van der Waals surface area contributed by atoms with Crippen LogP contribution >= 0.6 is 11.3 Å². The minimum absolute atomic E-state index is 1.30. The lowest BCUT2D eigenvalue weighted by Gasteiger charge is -2.17. The Labute approximate surface area is 240 Å². The van der Waals surface area contributed by atoms with Gasteiger partial charge >= 0.3 is 0 Å². The molecule has 41 heavy (non-hydrogen) atoms. The van der Waals surface area contributed by atoms with Crippen LogP contribution in [-0.2, 0) is 0 Å². The van der Waals surface area contributed by atoms with Crippen LogP contribution in [0.1, 0.15) is 0 Å². The van der Waals surface area contributed by atoms with E-state index in [2.05, 4.69) is 133 Å². The van der Waals surface area contributed by atoms with Crippen LogP contribution in [0.5, 0.6) is 0 Å². The molecule has 0 amide bonds. The van der Waals surface area contributed by atoms with E-state index in [1.54, 1.807) is 0 Å². The fraction of sp³-hybridized carbons (Fsp3) is 0. The molecule has 0 nitrogen and oxygen atoms in total. The Balaban J connectivity index is 1.36. The van der Waals surface area contributed by atoms with Crippen LogP contribution in [0.25, 0.3) is 96.3 Å². The molecule has 0 radical (unpaired) electrons. The molecule has 0 aliphatic heterocycles. The van der Waals surface area contributed by atoms with Gasteiger partial charge in [-0.05, 0) is 76.3 Å². The SMILES string of the molecule is c1cc2ccc3ccc(-c4sc5ccccc5c4-c4ccc5ccc6cccc7ccc4c5c67)c4ccc(c1)c2c34. The first kappa shape index (κ1) is 21.8. The van der Waals surface area contributed by atoms with E-state index in [1.165, 1.54) is 96.3 Å². The molecule has 10 rings (SSSR count). The van der Waals surface area contributed by atoms with Crippen molar-refractivity contribution in [3.8, 4) is 21.6 Å². The quantitative estimate of drug-likeness (QED) is 0.193. The summed E-state index contributed by atoms with van der Waals surface area (Å²) in [6.45, 7) is 0. The van der Waals surface area contributed by atoms with Gasteiger partial charge in [-0.2, -0.15) is 0 Å². The van der Waals surface area contributed by atoms with Crippen molar-refractivity contribution in [2.45, 2.75) is 0 Å². The van der Waals surface area contributed by atoms with E-state index in [9.17, 15) is 0 Å². The van der Waals surface area contributed by atoms with Gasteiger partial charge in [-0.25, -0.2) is 0 Å². The molecular formula is C40H22S. The first-order valence-corrected chi connectivity index (χ1v) is 15.0. The maximum absolute atomic E-state index is 2.36. The zero-order valence-electron chi connectivity index (χ0n) is 22.1. The highest BCUT2D eigenvalue weighted by atomic mass is 32.1. The van der Waals surface area contributed by atoms with Crippen molar-refractivity contribution in [1.82, 2.24) is 0 Å². The Morgan fingerprint density at radius 1 is 0.317 bits per heavy atom. The Bertz CT molecular complexity index is 2600. The third-order valence-corrected chi connectivity index (χ3v) is 10.4. The first-order chi connectivity index (χ1) is 20.3. The van der Waals surface area contributed by atoms with Gasteiger partial charge in [0.2, 0.25) is 0 Å². The molecule has 0 bridgehead atoms. The molecule has 1 heterocycles. The summed E-state index contributed by atoms with van der Waals surface area (Å²) in [7, 11) is 0. The number of hydrogen-bond acceptors (Lipinski definition) is 1. The van der Waals surface area contributed by atoms with E-state index in [0.717, 1.165) is 0 Å². The summed E-state index contributed by atoms with van der Waals surface area (Å²) in [5, 5.41) is 17.3. The molecule has 0 saturated carbocycles. The molecule has 0 atom stereocenters. The lowest BCUT2D eigenvalue weighted by molar-refractivity contribution is 1.73. The van der Waals surface area contributed by atoms with Crippen LogP contribution in [0, 0.1) is 0 Å². The fourth-order valence-electron chi connectivity index (χ4n) is 7.39. The van der Waals surface area contributed by atoms with Crippen LogP contribution in [0.15, 0.2) is 133 Å². The average Bonchev–Trinajstić information content (AvgIpc) is 3.41. The molecule has 0 aliphatic carbocycles. The van der Waals surface area contributed by atoms with Crippen LogP contribution < -0.4 is 0 Å². The van der Waals surface area contributed by atoms with Gasteiger partial charge in [0, 0.05) is 26.1 Å². The second-order valence-corrected chi connectivity index (χ2v) is 12.3. The summed E-state index contributed by atoms with van der Waals surface area (Å²) in [6.07, 6.45) is 0. The second kappa shape index (κ2) is 7.81. The van der Waals surface area contributed by atoms with E-state index in [4.69, 9.17) is 0 Å². The van der Waals surface area contributed by atoms with Crippen molar-refractivity contribution in [2.75, 3.05) is 0 Å². The van der Waals surface area contributed by atoms with Crippen molar-refractivity contribution in [3.63, 3.8) is 0 Å². The predicted molar refractivity (Wildman–Crippen MR) is 180 cm³/mol. The molecule has 188 valence electrons. The number of rotatable bonds is 2. The highest BCUT2D eigenvalue weighted by Gasteiger charge is 2.21. The van der Waals surface area contributed by atoms with Crippen LogP contribution in [-0.4, -0.2) is 0 Å². The molecular weight excluding hydrogens is 513 g/mol. The van der Waals surface area contributed by atoms with E-state index in [0.29, 0.717) is 0 Å². The largest absolute Gasteiger partial charge is 0.135 e. The molecule has 0 saturated heterocycles. The van der Waals surface area contributed by atoms with Gasteiger partial charge in [0.25, 0.3) is 0 Å².